The summed E-state index contributed by atoms with van der Waals surface area (Å²) in [5.74, 6) is 0.256. The fourth-order valence-electron chi connectivity index (χ4n) is 1.31. The first-order chi connectivity index (χ1) is 8.65. The van der Waals surface area contributed by atoms with Gasteiger partial charge < -0.3 is 14.8 Å². The monoisotopic (exact) mass is 250 g/mol. The number of hydrogen-bond acceptors (Lipinski definition) is 4. The standard InChI is InChI=1S/C13H18N2O3/c1-10(2)9-18-7-6-15-13(16)11-4-5-14-8-12(11)17-3/h4-5,8H,1,6-7,9H2,2-3H3,(H,15,16). The molecule has 1 rings (SSSR count). The third-order valence-electron chi connectivity index (χ3n) is 2.13. The van der Waals surface area contributed by atoms with Gasteiger partial charge in [0.05, 0.1) is 32.1 Å². The number of hydrogen-bond donors (Lipinski definition) is 1. The molecule has 18 heavy (non-hydrogen) atoms. The van der Waals surface area contributed by atoms with Crippen molar-refractivity contribution in [3.8, 4) is 5.75 Å². The van der Waals surface area contributed by atoms with Crippen LogP contribution in [0.15, 0.2) is 30.6 Å². The fraction of sp³-hybridized carbons (Fsp3) is 0.385. The normalized spacial score (nSPS) is 9.89. The SMILES string of the molecule is C=C(C)COCCNC(=O)c1ccncc1OC. The van der Waals surface area contributed by atoms with Crippen LogP contribution in [0, 0.1) is 0 Å². The third-order valence-corrected chi connectivity index (χ3v) is 2.13. The molecule has 1 N–H and O–H groups in total. The van der Waals surface area contributed by atoms with E-state index in [1.54, 1.807) is 12.3 Å². The van der Waals surface area contributed by atoms with Crippen LogP contribution in [0.4, 0.5) is 0 Å². The number of nitrogens with zero attached hydrogens (tertiary/aromatic N) is 1. The molecule has 1 heterocycles. The molecule has 0 bridgehead atoms. The van der Waals surface area contributed by atoms with Crippen LogP contribution in [0.1, 0.15) is 17.3 Å². The van der Waals surface area contributed by atoms with Gasteiger partial charge in [0.25, 0.3) is 5.91 Å². The molecule has 0 saturated carbocycles. The molecule has 1 amide bonds. The summed E-state index contributed by atoms with van der Waals surface area (Å²) in [5.41, 5.74) is 1.42. The van der Waals surface area contributed by atoms with Gasteiger partial charge >= 0.3 is 0 Å². The average Bonchev–Trinajstić information content (AvgIpc) is 2.37. The Bertz CT molecular complexity index is 418. The number of pyridine rings is 1. The van der Waals surface area contributed by atoms with Crippen LogP contribution in [-0.4, -0.2) is 37.8 Å². The van der Waals surface area contributed by atoms with Gasteiger partial charge in [0.2, 0.25) is 0 Å². The summed E-state index contributed by atoms with van der Waals surface area (Å²) in [5, 5.41) is 2.75. The summed E-state index contributed by atoms with van der Waals surface area (Å²) in [4.78, 5) is 15.7. The molecule has 0 spiro atoms. The van der Waals surface area contributed by atoms with Gasteiger partial charge in [0, 0.05) is 12.7 Å². The van der Waals surface area contributed by atoms with Gasteiger partial charge in [-0.25, -0.2) is 0 Å². The van der Waals surface area contributed by atoms with Crippen molar-refractivity contribution in [2.24, 2.45) is 0 Å². The summed E-state index contributed by atoms with van der Waals surface area (Å²) in [6.07, 6.45) is 3.06. The minimum atomic E-state index is -0.201. The molecule has 0 aromatic carbocycles. The second-order valence-corrected chi connectivity index (χ2v) is 3.84. The van der Waals surface area contributed by atoms with Gasteiger partial charge in [-0.1, -0.05) is 12.2 Å². The summed E-state index contributed by atoms with van der Waals surface area (Å²) in [7, 11) is 1.50. The van der Waals surface area contributed by atoms with Crippen LogP contribution < -0.4 is 10.1 Å². The number of ether oxygens (including phenoxy) is 2. The van der Waals surface area contributed by atoms with Crippen LogP contribution in [0.2, 0.25) is 0 Å². The third kappa shape index (κ3) is 4.55. The van der Waals surface area contributed by atoms with E-state index < -0.39 is 0 Å². The highest BCUT2D eigenvalue weighted by Crippen LogP contribution is 2.14. The van der Waals surface area contributed by atoms with Gasteiger partial charge in [-0.2, -0.15) is 0 Å². The molecule has 0 saturated heterocycles. The maximum Gasteiger partial charge on any atom is 0.255 e. The molecule has 0 fully saturated rings. The highest BCUT2D eigenvalue weighted by molar-refractivity contribution is 5.96. The molecule has 0 aliphatic carbocycles. The lowest BCUT2D eigenvalue weighted by atomic mass is 10.2. The highest BCUT2D eigenvalue weighted by Gasteiger charge is 2.10. The first kappa shape index (κ1) is 14.2. The Balaban J connectivity index is 2.38. The number of methoxy groups -OCH3 is 1. The molecule has 0 atom stereocenters. The number of carbonyl (C=O) groups is 1. The first-order valence-electron chi connectivity index (χ1n) is 5.63. The Morgan fingerprint density at radius 1 is 1.56 bits per heavy atom. The van der Waals surface area contributed by atoms with E-state index in [-0.39, 0.29) is 5.91 Å². The summed E-state index contributed by atoms with van der Waals surface area (Å²) >= 11 is 0. The van der Waals surface area contributed by atoms with E-state index >= 15 is 0 Å². The van der Waals surface area contributed by atoms with Crippen molar-refractivity contribution in [1.82, 2.24) is 10.3 Å². The first-order valence-corrected chi connectivity index (χ1v) is 5.63. The van der Waals surface area contributed by atoms with E-state index in [0.717, 1.165) is 5.57 Å². The zero-order valence-corrected chi connectivity index (χ0v) is 10.7. The lowest BCUT2D eigenvalue weighted by molar-refractivity contribution is 0.0923. The van der Waals surface area contributed by atoms with E-state index in [1.807, 2.05) is 6.92 Å². The average molecular weight is 250 g/mol. The van der Waals surface area contributed by atoms with E-state index in [2.05, 4.69) is 16.9 Å². The molecule has 5 heteroatoms. The van der Waals surface area contributed by atoms with E-state index in [9.17, 15) is 4.79 Å². The lowest BCUT2D eigenvalue weighted by Crippen LogP contribution is -2.27. The van der Waals surface area contributed by atoms with Crippen LogP contribution >= 0.6 is 0 Å². The number of rotatable bonds is 7. The van der Waals surface area contributed by atoms with Crippen molar-refractivity contribution in [1.29, 1.82) is 0 Å². The Labute approximate surface area is 107 Å². The van der Waals surface area contributed by atoms with Crippen molar-refractivity contribution in [2.75, 3.05) is 26.9 Å². The van der Waals surface area contributed by atoms with E-state index in [0.29, 0.717) is 31.1 Å². The summed E-state index contributed by atoms with van der Waals surface area (Å²) < 4.78 is 10.3. The van der Waals surface area contributed by atoms with Crippen LogP contribution in [0.3, 0.4) is 0 Å². The second-order valence-electron chi connectivity index (χ2n) is 3.84. The predicted molar refractivity (Wildman–Crippen MR) is 68.8 cm³/mol. The van der Waals surface area contributed by atoms with Crippen LogP contribution in [0.5, 0.6) is 5.75 Å². The van der Waals surface area contributed by atoms with Gasteiger partial charge in [-0.15, -0.1) is 0 Å². The Kier molecular flexibility index (Phi) is 5.87. The smallest absolute Gasteiger partial charge is 0.255 e. The minimum Gasteiger partial charge on any atom is -0.494 e. The minimum absolute atomic E-state index is 0.201. The van der Waals surface area contributed by atoms with E-state index in [1.165, 1.54) is 13.3 Å². The van der Waals surface area contributed by atoms with Crippen molar-refractivity contribution in [3.05, 3.63) is 36.2 Å². The number of nitrogens with one attached hydrogen (secondary N) is 1. The molecule has 98 valence electrons. The lowest BCUT2D eigenvalue weighted by Gasteiger charge is -2.09. The maximum absolute atomic E-state index is 11.8. The molecular formula is C13H18N2O3. The van der Waals surface area contributed by atoms with Crippen molar-refractivity contribution < 1.29 is 14.3 Å². The van der Waals surface area contributed by atoms with Crippen LogP contribution in [-0.2, 0) is 4.74 Å². The summed E-state index contributed by atoms with van der Waals surface area (Å²) in [6, 6.07) is 1.61. The molecule has 1 aromatic heterocycles. The number of amides is 1. The Morgan fingerprint density at radius 2 is 2.33 bits per heavy atom. The molecule has 1 aromatic rings. The van der Waals surface area contributed by atoms with Crippen molar-refractivity contribution in [2.45, 2.75) is 6.92 Å². The maximum atomic E-state index is 11.8. The van der Waals surface area contributed by atoms with Gasteiger partial charge in [0.1, 0.15) is 5.75 Å². The quantitative estimate of drug-likeness (QED) is 0.587. The zero-order chi connectivity index (χ0) is 13.4. The van der Waals surface area contributed by atoms with Crippen LogP contribution in [0.25, 0.3) is 0 Å². The largest absolute Gasteiger partial charge is 0.494 e. The fourth-order valence-corrected chi connectivity index (χ4v) is 1.31. The Hall–Kier alpha value is -1.88. The van der Waals surface area contributed by atoms with Gasteiger partial charge in [0.15, 0.2) is 0 Å². The molecule has 0 radical (unpaired) electrons. The molecular weight excluding hydrogens is 232 g/mol. The molecule has 5 nitrogen and oxygen atoms in total. The summed E-state index contributed by atoms with van der Waals surface area (Å²) in [6.45, 7) is 7.01. The topological polar surface area (TPSA) is 60.5 Å². The number of carbonyl (C=O) groups excluding carboxylic acids is 1. The highest BCUT2D eigenvalue weighted by atomic mass is 16.5. The van der Waals surface area contributed by atoms with Gasteiger partial charge in [-0.3, -0.25) is 9.78 Å². The van der Waals surface area contributed by atoms with Crippen molar-refractivity contribution in [3.63, 3.8) is 0 Å². The van der Waals surface area contributed by atoms with E-state index in [4.69, 9.17) is 9.47 Å². The molecule has 0 aliphatic rings. The van der Waals surface area contributed by atoms with Gasteiger partial charge in [-0.05, 0) is 13.0 Å². The number of aromatic nitrogens is 1. The second kappa shape index (κ2) is 7.45. The predicted octanol–water partition coefficient (Wildman–Crippen LogP) is 1.41. The molecule has 0 aliphatic heterocycles. The zero-order valence-electron chi connectivity index (χ0n) is 10.7. The Morgan fingerprint density at radius 3 is 3.00 bits per heavy atom. The van der Waals surface area contributed by atoms with Crippen molar-refractivity contribution >= 4 is 5.91 Å². The molecule has 0 unspecified atom stereocenters.